The van der Waals surface area contributed by atoms with Crippen molar-refractivity contribution in [2.24, 2.45) is 5.73 Å². The monoisotopic (exact) mass is 286 g/mol. The zero-order valence-corrected chi connectivity index (χ0v) is 12.9. The molecule has 4 heteroatoms. The lowest BCUT2D eigenvalue weighted by Crippen LogP contribution is -2.42. The van der Waals surface area contributed by atoms with Gasteiger partial charge in [-0.05, 0) is 42.5 Å². The Bertz CT molecular complexity index is 634. The first kappa shape index (κ1) is 14.1. The maximum absolute atomic E-state index is 11.8. The van der Waals surface area contributed by atoms with Crippen molar-refractivity contribution in [1.82, 2.24) is 4.90 Å². The normalized spacial score (nSPS) is 21.8. The molecule has 1 unspecified atom stereocenters. The summed E-state index contributed by atoms with van der Waals surface area (Å²) >= 11 is 0. The molecule has 112 valence electrons. The summed E-state index contributed by atoms with van der Waals surface area (Å²) in [5.74, 6) is -0.295. The number of hydrogen-bond acceptors (Lipinski definition) is 4. The second-order valence-corrected chi connectivity index (χ2v) is 6.07. The Morgan fingerprint density at radius 2 is 2.05 bits per heavy atom. The number of fused-ring (bicyclic) bond motifs is 3. The van der Waals surface area contributed by atoms with Gasteiger partial charge < -0.3 is 10.5 Å². The minimum absolute atomic E-state index is 0.293. The van der Waals surface area contributed by atoms with Crippen LogP contribution in [0.1, 0.15) is 34.7 Å². The molecule has 0 saturated heterocycles. The van der Waals surface area contributed by atoms with E-state index >= 15 is 0 Å². The Hall–Kier alpha value is -1.81. The molecule has 4 nitrogen and oxygen atoms in total. The summed E-state index contributed by atoms with van der Waals surface area (Å²) in [4.78, 5) is 14.2. The van der Waals surface area contributed by atoms with Crippen LogP contribution in [0.2, 0.25) is 0 Å². The van der Waals surface area contributed by atoms with Crippen molar-refractivity contribution < 1.29 is 9.53 Å². The van der Waals surface area contributed by atoms with Crippen molar-refractivity contribution in [3.05, 3.63) is 45.7 Å². The Morgan fingerprint density at radius 3 is 2.76 bits per heavy atom. The predicted octanol–water partition coefficient (Wildman–Crippen LogP) is 1.99. The zero-order valence-electron chi connectivity index (χ0n) is 12.9. The standard InChI is InChI=1S/C17H22N2O2/c1-10-6-12-4-5-19-9-14(17(20)21-3)15(18)8-16(19)13(12)7-11(10)2/h6-7,16H,4-5,8-9,18H2,1-3H3. The van der Waals surface area contributed by atoms with Crippen LogP contribution >= 0.6 is 0 Å². The van der Waals surface area contributed by atoms with Gasteiger partial charge in [-0.25, -0.2) is 4.79 Å². The molecule has 1 aromatic carbocycles. The average Bonchev–Trinajstić information content (AvgIpc) is 2.47. The Balaban J connectivity index is 1.99. The molecule has 2 N–H and O–H groups in total. The van der Waals surface area contributed by atoms with E-state index in [0.717, 1.165) is 13.0 Å². The maximum Gasteiger partial charge on any atom is 0.336 e. The van der Waals surface area contributed by atoms with Crippen molar-refractivity contribution in [3.8, 4) is 0 Å². The molecular weight excluding hydrogens is 264 g/mol. The van der Waals surface area contributed by atoms with E-state index in [0.29, 0.717) is 30.3 Å². The summed E-state index contributed by atoms with van der Waals surface area (Å²) in [6, 6.07) is 4.89. The van der Waals surface area contributed by atoms with Crippen LogP contribution in [-0.2, 0) is 16.0 Å². The zero-order chi connectivity index (χ0) is 15.1. The number of hydrogen-bond donors (Lipinski definition) is 1. The highest BCUT2D eigenvalue weighted by Gasteiger charge is 2.34. The van der Waals surface area contributed by atoms with Gasteiger partial charge in [-0.15, -0.1) is 0 Å². The van der Waals surface area contributed by atoms with Gasteiger partial charge in [0.05, 0.1) is 12.7 Å². The number of aryl methyl sites for hydroxylation is 2. The lowest BCUT2D eigenvalue weighted by atomic mass is 9.84. The number of methoxy groups -OCH3 is 1. The maximum atomic E-state index is 11.8. The first-order valence-corrected chi connectivity index (χ1v) is 7.41. The van der Waals surface area contributed by atoms with E-state index in [1.54, 1.807) is 0 Å². The van der Waals surface area contributed by atoms with Gasteiger partial charge in [-0.2, -0.15) is 0 Å². The molecule has 0 bridgehead atoms. The molecule has 2 aliphatic heterocycles. The first-order chi connectivity index (χ1) is 10.0. The predicted molar refractivity (Wildman–Crippen MR) is 81.8 cm³/mol. The Kier molecular flexibility index (Phi) is 3.49. The molecule has 0 aliphatic carbocycles. The fourth-order valence-electron chi connectivity index (χ4n) is 3.42. The lowest BCUT2D eigenvalue weighted by Gasteiger charge is -2.41. The van der Waals surface area contributed by atoms with Crippen molar-refractivity contribution >= 4 is 5.97 Å². The number of esters is 1. The topological polar surface area (TPSA) is 55.6 Å². The van der Waals surface area contributed by atoms with Crippen LogP contribution in [0.3, 0.4) is 0 Å². The molecule has 0 radical (unpaired) electrons. The Morgan fingerprint density at radius 1 is 1.33 bits per heavy atom. The molecule has 1 aromatic rings. The largest absolute Gasteiger partial charge is 0.466 e. The van der Waals surface area contributed by atoms with Crippen molar-refractivity contribution in [3.63, 3.8) is 0 Å². The van der Waals surface area contributed by atoms with Gasteiger partial charge >= 0.3 is 5.97 Å². The number of rotatable bonds is 1. The molecule has 0 saturated carbocycles. The van der Waals surface area contributed by atoms with Crippen LogP contribution in [0.15, 0.2) is 23.4 Å². The molecular formula is C17H22N2O2. The van der Waals surface area contributed by atoms with Gasteiger partial charge in [0.1, 0.15) is 0 Å². The summed E-state index contributed by atoms with van der Waals surface area (Å²) in [6.45, 7) is 5.87. The molecule has 0 spiro atoms. The van der Waals surface area contributed by atoms with Crippen LogP contribution in [0.4, 0.5) is 0 Å². The molecule has 0 fully saturated rings. The van der Waals surface area contributed by atoms with Gasteiger partial charge in [0, 0.05) is 31.2 Å². The highest BCUT2D eigenvalue weighted by Crippen LogP contribution is 2.38. The van der Waals surface area contributed by atoms with Crippen LogP contribution in [0, 0.1) is 13.8 Å². The molecule has 2 aliphatic rings. The fourth-order valence-corrected chi connectivity index (χ4v) is 3.42. The third kappa shape index (κ3) is 2.33. The van der Waals surface area contributed by atoms with Crippen LogP contribution < -0.4 is 5.73 Å². The highest BCUT2D eigenvalue weighted by molar-refractivity contribution is 5.89. The molecule has 21 heavy (non-hydrogen) atoms. The van der Waals surface area contributed by atoms with Gasteiger partial charge in [0.15, 0.2) is 0 Å². The quantitative estimate of drug-likeness (QED) is 0.802. The van der Waals surface area contributed by atoms with E-state index in [-0.39, 0.29) is 5.97 Å². The SMILES string of the molecule is COC(=O)C1=C(N)CC2c3cc(C)c(C)cc3CCN2C1. The molecule has 2 heterocycles. The second-order valence-electron chi connectivity index (χ2n) is 6.07. The smallest absolute Gasteiger partial charge is 0.336 e. The summed E-state index contributed by atoms with van der Waals surface area (Å²) in [6.07, 6.45) is 1.74. The van der Waals surface area contributed by atoms with Crippen LogP contribution in [-0.4, -0.2) is 31.1 Å². The van der Waals surface area contributed by atoms with E-state index in [1.807, 2.05) is 0 Å². The van der Waals surface area contributed by atoms with Gasteiger partial charge in [-0.1, -0.05) is 12.1 Å². The number of nitrogens with two attached hydrogens (primary N) is 1. The van der Waals surface area contributed by atoms with E-state index in [1.165, 1.54) is 29.4 Å². The summed E-state index contributed by atoms with van der Waals surface area (Å²) in [5, 5.41) is 0. The second kappa shape index (κ2) is 5.19. The van der Waals surface area contributed by atoms with Gasteiger partial charge in [-0.3, -0.25) is 4.90 Å². The molecule has 0 aromatic heterocycles. The van der Waals surface area contributed by atoms with Crippen molar-refractivity contribution in [1.29, 1.82) is 0 Å². The minimum atomic E-state index is -0.295. The van der Waals surface area contributed by atoms with Crippen LogP contribution in [0.5, 0.6) is 0 Å². The van der Waals surface area contributed by atoms with E-state index in [2.05, 4.69) is 30.9 Å². The molecule has 1 atom stereocenters. The number of benzene rings is 1. The molecule has 3 rings (SSSR count). The number of carbonyl (C=O) groups excluding carboxylic acids is 1. The van der Waals surface area contributed by atoms with Gasteiger partial charge in [0.2, 0.25) is 0 Å². The number of carbonyl (C=O) groups is 1. The van der Waals surface area contributed by atoms with Crippen molar-refractivity contribution in [2.45, 2.75) is 32.7 Å². The summed E-state index contributed by atoms with van der Waals surface area (Å²) in [7, 11) is 1.41. The average molecular weight is 286 g/mol. The number of ether oxygens (including phenoxy) is 1. The minimum Gasteiger partial charge on any atom is -0.466 e. The molecule has 0 amide bonds. The third-order valence-electron chi connectivity index (χ3n) is 4.82. The Labute approximate surface area is 125 Å². The summed E-state index contributed by atoms with van der Waals surface area (Å²) in [5.41, 5.74) is 12.9. The lowest BCUT2D eigenvalue weighted by molar-refractivity contribution is -0.136. The van der Waals surface area contributed by atoms with Gasteiger partial charge in [0.25, 0.3) is 0 Å². The van der Waals surface area contributed by atoms with E-state index in [4.69, 9.17) is 10.5 Å². The highest BCUT2D eigenvalue weighted by atomic mass is 16.5. The van der Waals surface area contributed by atoms with E-state index < -0.39 is 0 Å². The van der Waals surface area contributed by atoms with Crippen LogP contribution in [0.25, 0.3) is 0 Å². The summed E-state index contributed by atoms with van der Waals surface area (Å²) < 4.78 is 4.84. The number of nitrogens with zero attached hydrogens (tertiary/aromatic N) is 1. The van der Waals surface area contributed by atoms with Crippen molar-refractivity contribution in [2.75, 3.05) is 20.2 Å². The fraction of sp³-hybridized carbons (Fsp3) is 0.471. The third-order valence-corrected chi connectivity index (χ3v) is 4.82. The van der Waals surface area contributed by atoms with E-state index in [9.17, 15) is 4.79 Å². The first-order valence-electron chi connectivity index (χ1n) is 7.41.